The Bertz CT molecular complexity index is 795. The highest BCUT2D eigenvalue weighted by Crippen LogP contribution is 2.22. The lowest BCUT2D eigenvalue weighted by molar-refractivity contribution is 0.0637. The summed E-state index contributed by atoms with van der Waals surface area (Å²) in [4.78, 5) is 16.9. The van der Waals surface area contributed by atoms with E-state index in [1.165, 1.54) is 0 Å². The molecule has 1 amide bonds. The van der Waals surface area contributed by atoms with Crippen molar-refractivity contribution in [2.45, 2.75) is 44.8 Å². The number of ether oxygens (including phenoxy) is 2. The van der Waals surface area contributed by atoms with Gasteiger partial charge in [-0.05, 0) is 69.0 Å². The number of nitrogens with zero attached hydrogens (tertiary/aromatic N) is 2. The van der Waals surface area contributed by atoms with Crippen LogP contribution >= 0.6 is 0 Å². The Hall–Kier alpha value is -2.53. The van der Waals surface area contributed by atoms with Crippen LogP contribution in [0.25, 0.3) is 0 Å². The molecule has 0 bridgehead atoms. The molecule has 2 saturated heterocycles. The second kappa shape index (κ2) is 9.98. The summed E-state index contributed by atoms with van der Waals surface area (Å²) in [6, 6.07) is 18.0. The maximum absolute atomic E-state index is 12.5. The smallest absolute Gasteiger partial charge is 0.253 e. The first-order chi connectivity index (χ1) is 14.7. The number of carbonyl (C=O) groups is 1. The van der Waals surface area contributed by atoms with Gasteiger partial charge in [0.15, 0.2) is 0 Å². The van der Waals surface area contributed by atoms with Gasteiger partial charge in [-0.25, -0.2) is 0 Å². The number of benzene rings is 2. The van der Waals surface area contributed by atoms with Gasteiger partial charge in [0.05, 0.1) is 0 Å². The summed E-state index contributed by atoms with van der Waals surface area (Å²) in [7, 11) is 0. The zero-order valence-corrected chi connectivity index (χ0v) is 17.8. The van der Waals surface area contributed by atoms with Gasteiger partial charge in [0.25, 0.3) is 5.91 Å². The van der Waals surface area contributed by atoms with Crippen molar-refractivity contribution in [1.82, 2.24) is 9.80 Å². The first-order valence-electron chi connectivity index (χ1n) is 11.2. The maximum atomic E-state index is 12.5. The van der Waals surface area contributed by atoms with Crippen molar-refractivity contribution in [3.8, 4) is 11.5 Å². The van der Waals surface area contributed by atoms with E-state index in [1.54, 1.807) is 0 Å². The van der Waals surface area contributed by atoms with Crippen LogP contribution in [0.1, 0.15) is 43.0 Å². The average molecular weight is 409 g/mol. The molecule has 160 valence electrons. The molecule has 2 aromatic carbocycles. The molecule has 0 N–H and O–H groups in total. The zero-order chi connectivity index (χ0) is 20.8. The SMILES string of the molecule is C[C@H](COc1ccccc1)N1CCC(Oc2ccc(C(=O)N3CCCC3)cc2)CC1. The van der Waals surface area contributed by atoms with Gasteiger partial charge in [0, 0.05) is 37.8 Å². The van der Waals surface area contributed by atoms with E-state index in [0.717, 1.165) is 68.9 Å². The molecule has 0 unspecified atom stereocenters. The zero-order valence-electron chi connectivity index (χ0n) is 17.8. The van der Waals surface area contributed by atoms with Crippen LogP contribution in [0.3, 0.4) is 0 Å². The molecule has 0 spiro atoms. The average Bonchev–Trinajstić information content (AvgIpc) is 3.34. The van der Waals surface area contributed by atoms with E-state index < -0.39 is 0 Å². The summed E-state index contributed by atoms with van der Waals surface area (Å²) in [5.41, 5.74) is 0.756. The van der Waals surface area contributed by atoms with Gasteiger partial charge in [-0.15, -0.1) is 0 Å². The summed E-state index contributed by atoms with van der Waals surface area (Å²) >= 11 is 0. The number of likely N-dealkylation sites (tertiary alicyclic amines) is 2. The number of amides is 1. The fourth-order valence-electron chi connectivity index (χ4n) is 4.24. The van der Waals surface area contributed by atoms with Crippen LogP contribution < -0.4 is 9.47 Å². The lowest BCUT2D eigenvalue weighted by Crippen LogP contribution is -2.45. The van der Waals surface area contributed by atoms with Crippen LogP contribution in [0.5, 0.6) is 11.5 Å². The first kappa shape index (κ1) is 20.7. The van der Waals surface area contributed by atoms with Crippen LogP contribution in [0, 0.1) is 0 Å². The van der Waals surface area contributed by atoms with E-state index >= 15 is 0 Å². The molecule has 2 aliphatic rings. The molecule has 4 rings (SSSR count). The van der Waals surface area contributed by atoms with Crippen LogP contribution in [0.15, 0.2) is 54.6 Å². The van der Waals surface area contributed by atoms with Gasteiger partial charge in [-0.2, -0.15) is 0 Å². The molecule has 2 fully saturated rings. The number of para-hydroxylation sites is 1. The predicted molar refractivity (Wildman–Crippen MR) is 118 cm³/mol. The molecule has 2 aliphatic heterocycles. The fraction of sp³-hybridized carbons (Fsp3) is 0.480. The highest BCUT2D eigenvalue weighted by atomic mass is 16.5. The minimum absolute atomic E-state index is 0.138. The maximum Gasteiger partial charge on any atom is 0.253 e. The van der Waals surface area contributed by atoms with Crippen molar-refractivity contribution >= 4 is 5.91 Å². The van der Waals surface area contributed by atoms with Crippen molar-refractivity contribution in [3.05, 3.63) is 60.2 Å². The number of piperidine rings is 1. The molecule has 30 heavy (non-hydrogen) atoms. The standard InChI is InChI=1S/C25H32N2O3/c1-20(19-29-22-7-3-2-4-8-22)26-17-13-24(14-18-26)30-23-11-9-21(10-12-23)25(28)27-15-5-6-16-27/h2-4,7-12,20,24H,5-6,13-19H2,1H3/t20-/m1/s1. The Labute approximate surface area is 179 Å². The van der Waals surface area contributed by atoms with E-state index in [0.29, 0.717) is 12.6 Å². The highest BCUT2D eigenvalue weighted by molar-refractivity contribution is 5.94. The molecule has 0 radical (unpaired) electrons. The van der Waals surface area contributed by atoms with Crippen LogP contribution in [0.2, 0.25) is 0 Å². The number of hydrogen-bond donors (Lipinski definition) is 0. The molecule has 0 aliphatic carbocycles. The third-order valence-electron chi connectivity index (χ3n) is 6.13. The highest BCUT2D eigenvalue weighted by Gasteiger charge is 2.24. The van der Waals surface area contributed by atoms with Gasteiger partial charge in [0.1, 0.15) is 24.2 Å². The van der Waals surface area contributed by atoms with E-state index in [4.69, 9.17) is 9.47 Å². The van der Waals surface area contributed by atoms with E-state index in [2.05, 4.69) is 11.8 Å². The van der Waals surface area contributed by atoms with Gasteiger partial charge < -0.3 is 14.4 Å². The largest absolute Gasteiger partial charge is 0.492 e. The summed E-state index contributed by atoms with van der Waals surface area (Å²) in [6.45, 7) is 6.70. The molecule has 1 atom stereocenters. The Balaban J connectivity index is 1.21. The molecular weight excluding hydrogens is 376 g/mol. The third-order valence-corrected chi connectivity index (χ3v) is 6.13. The van der Waals surface area contributed by atoms with Crippen molar-refractivity contribution in [3.63, 3.8) is 0 Å². The fourth-order valence-corrected chi connectivity index (χ4v) is 4.24. The Kier molecular flexibility index (Phi) is 6.90. The van der Waals surface area contributed by atoms with Gasteiger partial charge >= 0.3 is 0 Å². The predicted octanol–water partition coefficient (Wildman–Crippen LogP) is 4.23. The summed E-state index contributed by atoms with van der Waals surface area (Å²) < 4.78 is 12.1. The van der Waals surface area contributed by atoms with Gasteiger partial charge in [-0.1, -0.05) is 18.2 Å². The number of carbonyl (C=O) groups excluding carboxylic acids is 1. The van der Waals surface area contributed by atoms with Crippen LogP contribution in [-0.4, -0.2) is 60.6 Å². The Morgan fingerprint density at radius 3 is 2.27 bits per heavy atom. The van der Waals surface area contributed by atoms with Crippen LogP contribution in [0.4, 0.5) is 0 Å². The summed E-state index contributed by atoms with van der Waals surface area (Å²) in [6.07, 6.45) is 4.46. The van der Waals surface area contributed by atoms with Gasteiger partial charge in [0.2, 0.25) is 0 Å². The number of hydrogen-bond acceptors (Lipinski definition) is 4. The Morgan fingerprint density at radius 2 is 1.60 bits per heavy atom. The van der Waals surface area contributed by atoms with Crippen LogP contribution in [-0.2, 0) is 0 Å². The minimum atomic E-state index is 0.138. The second-order valence-corrected chi connectivity index (χ2v) is 8.35. The molecule has 2 aromatic rings. The lowest BCUT2D eigenvalue weighted by Gasteiger charge is -2.35. The molecule has 0 saturated carbocycles. The van der Waals surface area contributed by atoms with Crippen molar-refractivity contribution in [2.75, 3.05) is 32.8 Å². The van der Waals surface area contributed by atoms with Gasteiger partial charge in [-0.3, -0.25) is 9.69 Å². The summed E-state index contributed by atoms with van der Waals surface area (Å²) in [5.74, 6) is 1.92. The van der Waals surface area contributed by atoms with E-state index in [9.17, 15) is 4.79 Å². The molecule has 0 aromatic heterocycles. The molecular formula is C25H32N2O3. The normalized spacial score (nSPS) is 18.9. The minimum Gasteiger partial charge on any atom is -0.492 e. The van der Waals surface area contributed by atoms with Crippen molar-refractivity contribution in [2.24, 2.45) is 0 Å². The lowest BCUT2D eigenvalue weighted by atomic mass is 10.1. The van der Waals surface area contributed by atoms with Crippen molar-refractivity contribution < 1.29 is 14.3 Å². The first-order valence-corrected chi connectivity index (χ1v) is 11.2. The monoisotopic (exact) mass is 408 g/mol. The quantitative estimate of drug-likeness (QED) is 0.687. The van der Waals surface area contributed by atoms with Crippen molar-refractivity contribution in [1.29, 1.82) is 0 Å². The third kappa shape index (κ3) is 5.33. The van der Waals surface area contributed by atoms with E-state index in [-0.39, 0.29) is 12.0 Å². The molecule has 2 heterocycles. The van der Waals surface area contributed by atoms with E-state index in [1.807, 2.05) is 59.5 Å². The molecule has 5 heteroatoms. The summed E-state index contributed by atoms with van der Waals surface area (Å²) in [5, 5.41) is 0. The second-order valence-electron chi connectivity index (χ2n) is 8.35. The number of rotatable bonds is 7. The Morgan fingerprint density at radius 1 is 0.933 bits per heavy atom. The topological polar surface area (TPSA) is 42.0 Å². The molecule has 5 nitrogen and oxygen atoms in total.